The molecule has 0 fully saturated rings. The Kier molecular flexibility index (Phi) is 10.6. The lowest BCUT2D eigenvalue weighted by Crippen LogP contribution is -2.49. The lowest BCUT2D eigenvalue weighted by molar-refractivity contribution is -0.129. The molecule has 4 aromatic carbocycles. The molecule has 4 aromatic rings. The number of amides is 1. The van der Waals surface area contributed by atoms with Crippen molar-refractivity contribution in [1.29, 1.82) is 0 Å². The average molecular weight is 645 g/mol. The van der Waals surface area contributed by atoms with Crippen LogP contribution in [0.3, 0.4) is 0 Å². The summed E-state index contributed by atoms with van der Waals surface area (Å²) in [5.41, 5.74) is 11.4. The highest BCUT2D eigenvalue weighted by atomic mass is 35.5. The molecule has 11 heteroatoms. The number of nitrogens with zero attached hydrogens (tertiary/aromatic N) is 4. The van der Waals surface area contributed by atoms with E-state index >= 15 is 0 Å². The van der Waals surface area contributed by atoms with Gasteiger partial charge in [-0.25, -0.2) is 4.99 Å². The number of aliphatic imine (C=N–C) groups is 1. The molecular formula is C34H31Cl2N5O4. The fraction of sp³-hybridized carbons (Fsp3) is 0.235. The molecule has 0 radical (unpaired) electrons. The van der Waals surface area contributed by atoms with Crippen LogP contribution in [0.25, 0.3) is 10.4 Å². The third kappa shape index (κ3) is 7.59. The number of halogens is 2. The number of benzene rings is 4. The smallest absolute Gasteiger partial charge is 0.252 e. The zero-order chi connectivity index (χ0) is 31.6. The van der Waals surface area contributed by atoms with Crippen molar-refractivity contribution in [2.45, 2.75) is 37.6 Å². The van der Waals surface area contributed by atoms with Gasteiger partial charge in [-0.05, 0) is 64.2 Å². The van der Waals surface area contributed by atoms with E-state index in [-0.39, 0.29) is 32.0 Å². The van der Waals surface area contributed by atoms with Crippen LogP contribution in [0.5, 0.6) is 5.75 Å². The molecule has 0 saturated carbocycles. The number of rotatable bonds is 13. The largest absolute Gasteiger partial charge is 0.494 e. The van der Waals surface area contributed by atoms with Gasteiger partial charge in [-0.1, -0.05) is 89.0 Å². The van der Waals surface area contributed by atoms with E-state index in [0.717, 1.165) is 16.7 Å². The maximum absolute atomic E-state index is 14.5. The Balaban J connectivity index is 1.58. The maximum Gasteiger partial charge on any atom is 0.252 e. The number of carbonyl (C=O) groups is 1. The fourth-order valence-corrected chi connectivity index (χ4v) is 5.51. The number of carbonyl (C=O) groups excluding carboxylic acids is 1. The number of nitrogens with one attached hydrogen (secondary N) is 1. The molecule has 0 bridgehead atoms. The average Bonchev–Trinajstić information content (AvgIpc) is 3.45. The van der Waals surface area contributed by atoms with Crippen molar-refractivity contribution < 1.29 is 19.4 Å². The Hall–Kier alpha value is -4.53. The van der Waals surface area contributed by atoms with Crippen LogP contribution < -0.4 is 10.1 Å². The molecule has 2 N–H and O–H groups in total. The van der Waals surface area contributed by atoms with Crippen LogP contribution in [-0.2, 0) is 29.0 Å². The third-order valence-electron chi connectivity index (χ3n) is 7.43. The van der Waals surface area contributed by atoms with Gasteiger partial charge in [0, 0.05) is 36.5 Å². The molecule has 0 spiro atoms. The number of aliphatic hydroxyl groups is 1. The zero-order valence-electron chi connectivity index (χ0n) is 24.3. The van der Waals surface area contributed by atoms with Crippen molar-refractivity contribution >= 4 is 35.0 Å². The van der Waals surface area contributed by atoms with Crippen molar-refractivity contribution in [1.82, 2.24) is 5.32 Å². The molecule has 45 heavy (non-hydrogen) atoms. The predicted molar refractivity (Wildman–Crippen MR) is 174 cm³/mol. The maximum atomic E-state index is 14.5. The molecule has 1 aliphatic rings. The highest BCUT2D eigenvalue weighted by molar-refractivity contribution is 6.42. The highest BCUT2D eigenvalue weighted by Crippen LogP contribution is 2.44. The molecule has 0 aromatic heterocycles. The zero-order valence-corrected chi connectivity index (χ0v) is 25.8. The molecule has 1 amide bonds. The normalized spacial score (nSPS) is 17.1. The number of hydrogen-bond donors (Lipinski definition) is 2. The minimum absolute atomic E-state index is 0.0435. The second-order valence-electron chi connectivity index (χ2n) is 10.5. The monoisotopic (exact) mass is 643 g/mol. The van der Waals surface area contributed by atoms with Gasteiger partial charge in [0.1, 0.15) is 5.75 Å². The molecule has 2 atom stereocenters. The lowest BCUT2D eigenvalue weighted by atomic mass is 9.80. The van der Waals surface area contributed by atoms with Crippen LogP contribution in [0.15, 0.2) is 107 Å². The van der Waals surface area contributed by atoms with Crippen LogP contribution >= 0.6 is 23.2 Å². The Morgan fingerprint density at radius 1 is 1.00 bits per heavy atom. The minimum atomic E-state index is -1.43. The first-order chi connectivity index (χ1) is 21.9. The molecule has 1 heterocycles. The molecule has 230 valence electrons. The summed E-state index contributed by atoms with van der Waals surface area (Å²) in [5.74, 6) is 0.582. The van der Waals surface area contributed by atoms with Crippen molar-refractivity contribution in [3.05, 3.63) is 145 Å². The molecule has 0 aliphatic carbocycles. The Bertz CT molecular complexity index is 1710. The summed E-state index contributed by atoms with van der Waals surface area (Å²) in [6.45, 7) is 0.691. The molecule has 1 aliphatic heterocycles. The molecule has 5 rings (SSSR count). The van der Waals surface area contributed by atoms with Gasteiger partial charge in [-0.3, -0.25) is 4.79 Å². The van der Waals surface area contributed by atoms with Crippen LogP contribution in [0.1, 0.15) is 40.3 Å². The first-order valence-electron chi connectivity index (χ1n) is 14.4. The van der Waals surface area contributed by atoms with E-state index < -0.39 is 11.6 Å². The van der Waals surface area contributed by atoms with E-state index in [2.05, 4.69) is 15.3 Å². The standard InChI is InChI=1S/C34H31Cl2N5O4/c35-29-16-11-24(19-30(29)36)21-38-33(43)34(20-23-7-2-1-3-8-23)31(28-10-5-4-9-26(28)22-39-41-37)45-32(40-34)25-12-14-27(15-13-25)44-18-6-17-42/h1-5,7-16,19,31,42H,6,17-18,20-22H2,(H,38,43)/t31-,34-/m1/s1. The number of aliphatic hydroxyl groups excluding tert-OH is 1. The minimum Gasteiger partial charge on any atom is -0.494 e. The summed E-state index contributed by atoms with van der Waals surface area (Å²) in [6.07, 6.45) is -0.103. The Morgan fingerprint density at radius 2 is 1.76 bits per heavy atom. The molecule has 0 unspecified atom stereocenters. The van der Waals surface area contributed by atoms with Crippen molar-refractivity contribution in [2.75, 3.05) is 13.2 Å². The molecular weight excluding hydrogens is 613 g/mol. The number of azide groups is 1. The number of hydrogen-bond acceptors (Lipinski definition) is 6. The fourth-order valence-electron chi connectivity index (χ4n) is 5.19. The van der Waals surface area contributed by atoms with E-state index in [0.29, 0.717) is 45.8 Å². The second kappa shape index (κ2) is 15.0. The summed E-state index contributed by atoms with van der Waals surface area (Å²) in [6, 6.07) is 29.5. The van der Waals surface area contributed by atoms with Gasteiger partial charge in [-0.2, -0.15) is 0 Å². The SMILES string of the molecule is [N-]=[N+]=NCc1ccccc1[C@H]1OC(c2ccc(OCCCO)cc2)=N[C@@]1(Cc1ccccc1)C(=O)NCc1ccc(Cl)c(Cl)c1. The molecule has 9 nitrogen and oxygen atoms in total. The van der Waals surface area contributed by atoms with Gasteiger partial charge in [-0.15, -0.1) is 0 Å². The van der Waals surface area contributed by atoms with Gasteiger partial charge < -0.3 is 19.9 Å². The van der Waals surface area contributed by atoms with E-state index in [1.165, 1.54) is 0 Å². The molecule has 0 saturated heterocycles. The van der Waals surface area contributed by atoms with Gasteiger partial charge >= 0.3 is 0 Å². The van der Waals surface area contributed by atoms with Crippen molar-refractivity contribution in [3.63, 3.8) is 0 Å². The Morgan fingerprint density at radius 3 is 2.49 bits per heavy atom. The van der Waals surface area contributed by atoms with Gasteiger partial charge in [0.15, 0.2) is 11.6 Å². The summed E-state index contributed by atoms with van der Waals surface area (Å²) >= 11 is 12.4. The quantitative estimate of drug-likeness (QED) is 0.0681. The summed E-state index contributed by atoms with van der Waals surface area (Å²) in [4.78, 5) is 22.5. The van der Waals surface area contributed by atoms with E-state index in [9.17, 15) is 4.79 Å². The van der Waals surface area contributed by atoms with Crippen LogP contribution in [0, 0.1) is 0 Å². The van der Waals surface area contributed by atoms with Gasteiger partial charge in [0.05, 0.1) is 23.2 Å². The van der Waals surface area contributed by atoms with E-state index in [1.807, 2.05) is 66.7 Å². The summed E-state index contributed by atoms with van der Waals surface area (Å²) in [7, 11) is 0. The summed E-state index contributed by atoms with van der Waals surface area (Å²) < 4.78 is 12.3. The van der Waals surface area contributed by atoms with Crippen LogP contribution in [-0.4, -0.2) is 35.7 Å². The van der Waals surface area contributed by atoms with Crippen LogP contribution in [0.4, 0.5) is 0 Å². The van der Waals surface area contributed by atoms with Gasteiger partial charge in [0.2, 0.25) is 5.90 Å². The highest BCUT2D eigenvalue weighted by Gasteiger charge is 2.53. The van der Waals surface area contributed by atoms with Crippen LogP contribution in [0.2, 0.25) is 10.0 Å². The van der Waals surface area contributed by atoms with Crippen molar-refractivity contribution in [2.24, 2.45) is 10.1 Å². The Labute approximate surface area is 271 Å². The lowest BCUT2D eigenvalue weighted by Gasteiger charge is -2.32. The van der Waals surface area contributed by atoms with Gasteiger partial charge in [0.25, 0.3) is 5.91 Å². The summed E-state index contributed by atoms with van der Waals surface area (Å²) in [5, 5.41) is 16.7. The predicted octanol–water partition coefficient (Wildman–Crippen LogP) is 7.38. The first kappa shape index (κ1) is 31.9. The number of ether oxygens (including phenoxy) is 2. The topological polar surface area (TPSA) is 129 Å². The van der Waals surface area contributed by atoms with E-state index in [1.54, 1.807) is 30.3 Å². The third-order valence-corrected chi connectivity index (χ3v) is 8.16. The van der Waals surface area contributed by atoms with E-state index in [4.69, 9.17) is 48.3 Å². The second-order valence-corrected chi connectivity index (χ2v) is 11.3. The van der Waals surface area contributed by atoms with Crippen molar-refractivity contribution in [3.8, 4) is 5.75 Å². The first-order valence-corrected chi connectivity index (χ1v) is 15.1.